The quantitative estimate of drug-likeness (QED) is 0.915. The van der Waals surface area contributed by atoms with Crippen LogP contribution in [0.1, 0.15) is 11.1 Å². The third-order valence-electron chi connectivity index (χ3n) is 2.84. The van der Waals surface area contributed by atoms with E-state index in [9.17, 15) is 8.78 Å². The van der Waals surface area contributed by atoms with Gasteiger partial charge in [0.2, 0.25) is 0 Å². The maximum absolute atomic E-state index is 13.5. The van der Waals surface area contributed by atoms with E-state index in [0.717, 1.165) is 0 Å². The van der Waals surface area contributed by atoms with Gasteiger partial charge in [-0.1, -0.05) is 12.1 Å². The zero-order chi connectivity index (χ0) is 14.5. The van der Waals surface area contributed by atoms with Crippen molar-refractivity contribution in [1.82, 2.24) is 0 Å². The summed E-state index contributed by atoms with van der Waals surface area (Å²) in [4.78, 5) is 0. The molecule has 0 bridgehead atoms. The van der Waals surface area contributed by atoms with E-state index in [-0.39, 0.29) is 18.8 Å². The number of hydrogen-bond donors (Lipinski definition) is 1. The number of aliphatic hydroxyl groups excluding tert-OH is 1. The van der Waals surface area contributed by atoms with Crippen LogP contribution in [0.25, 0.3) is 0 Å². The molecule has 5 heteroatoms. The van der Waals surface area contributed by atoms with Gasteiger partial charge in [0, 0.05) is 0 Å². The van der Waals surface area contributed by atoms with Gasteiger partial charge in [-0.2, -0.15) is 0 Å². The molecule has 0 radical (unpaired) electrons. The van der Waals surface area contributed by atoms with Gasteiger partial charge in [0.25, 0.3) is 0 Å². The largest absolute Gasteiger partial charge is 0.493 e. The van der Waals surface area contributed by atoms with Crippen LogP contribution in [0.2, 0.25) is 0 Å². The Bertz CT molecular complexity index is 579. The number of halogens is 2. The standard InChI is InChI=1S/C15H14F2O3/c1-19-15-7-10(8-18)5-6-14(15)20-9-11-12(16)3-2-4-13(11)17/h2-7,18H,8-9H2,1H3. The predicted molar refractivity (Wildman–Crippen MR) is 69.6 cm³/mol. The molecule has 0 saturated carbocycles. The van der Waals surface area contributed by atoms with E-state index in [1.54, 1.807) is 18.2 Å². The van der Waals surface area contributed by atoms with Crippen LogP contribution in [-0.2, 0) is 13.2 Å². The van der Waals surface area contributed by atoms with Crippen LogP contribution in [0.5, 0.6) is 11.5 Å². The molecule has 2 rings (SSSR count). The minimum absolute atomic E-state index is 0.126. The molecule has 2 aromatic carbocycles. The molecule has 2 aromatic rings. The SMILES string of the molecule is COc1cc(CO)ccc1OCc1c(F)cccc1F. The summed E-state index contributed by atoms with van der Waals surface area (Å²) in [5.41, 5.74) is 0.520. The lowest BCUT2D eigenvalue weighted by Gasteiger charge is -2.12. The average Bonchev–Trinajstić information content (AvgIpc) is 2.46. The van der Waals surface area contributed by atoms with Crippen molar-refractivity contribution in [3.8, 4) is 11.5 Å². The molecule has 3 nitrogen and oxygen atoms in total. The first-order valence-corrected chi connectivity index (χ1v) is 5.99. The Morgan fingerprint density at radius 2 is 1.75 bits per heavy atom. The Labute approximate surface area is 115 Å². The zero-order valence-corrected chi connectivity index (χ0v) is 10.9. The van der Waals surface area contributed by atoms with Gasteiger partial charge >= 0.3 is 0 Å². The third kappa shape index (κ3) is 3.05. The molecule has 0 heterocycles. The van der Waals surface area contributed by atoms with Gasteiger partial charge in [-0.05, 0) is 29.8 Å². The molecule has 0 spiro atoms. The number of benzene rings is 2. The number of methoxy groups -OCH3 is 1. The summed E-state index contributed by atoms with van der Waals surface area (Å²) < 4.78 is 37.4. The first kappa shape index (κ1) is 14.3. The van der Waals surface area contributed by atoms with E-state index in [1.165, 1.54) is 25.3 Å². The van der Waals surface area contributed by atoms with Crippen molar-refractivity contribution < 1.29 is 23.4 Å². The van der Waals surface area contributed by atoms with Crippen molar-refractivity contribution in [3.05, 3.63) is 59.2 Å². The molecule has 0 fully saturated rings. The van der Waals surface area contributed by atoms with E-state index in [0.29, 0.717) is 17.1 Å². The van der Waals surface area contributed by atoms with Crippen LogP contribution in [0, 0.1) is 11.6 Å². The Morgan fingerprint density at radius 1 is 1.05 bits per heavy atom. The third-order valence-corrected chi connectivity index (χ3v) is 2.84. The van der Waals surface area contributed by atoms with E-state index < -0.39 is 11.6 Å². The lowest BCUT2D eigenvalue weighted by molar-refractivity contribution is 0.269. The van der Waals surface area contributed by atoms with Gasteiger partial charge < -0.3 is 14.6 Å². The van der Waals surface area contributed by atoms with Crippen molar-refractivity contribution in [1.29, 1.82) is 0 Å². The van der Waals surface area contributed by atoms with Crippen molar-refractivity contribution >= 4 is 0 Å². The molecule has 0 aliphatic heterocycles. The van der Waals surface area contributed by atoms with Gasteiger partial charge in [0.1, 0.15) is 18.2 Å². The minimum atomic E-state index is -0.657. The minimum Gasteiger partial charge on any atom is -0.493 e. The molecule has 106 valence electrons. The van der Waals surface area contributed by atoms with E-state index >= 15 is 0 Å². The second-order valence-electron chi connectivity index (χ2n) is 4.13. The van der Waals surface area contributed by atoms with Crippen molar-refractivity contribution in [3.63, 3.8) is 0 Å². The first-order chi connectivity index (χ1) is 9.65. The van der Waals surface area contributed by atoms with Gasteiger partial charge in [-0.25, -0.2) is 8.78 Å². The monoisotopic (exact) mass is 280 g/mol. The van der Waals surface area contributed by atoms with Crippen LogP contribution in [0.15, 0.2) is 36.4 Å². The Hall–Kier alpha value is -2.14. The molecule has 1 N–H and O–H groups in total. The van der Waals surface area contributed by atoms with Crippen LogP contribution in [0.4, 0.5) is 8.78 Å². The molecule has 0 aromatic heterocycles. The number of rotatable bonds is 5. The second-order valence-corrected chi connectivity index (χ2v) is 4.13. The van der Waals surface area contributed by atoms with E-state index in [1.807, 2.05) is 0 Å². The van der Waals surface area contributed by atoms with Crippen LogP contribution in [0.3, 0.4) is 0 Å². The molecular weight excluding hydrogens is 266 g/mol. The Balaban J connectivity index is 2.19. The van der Waals surface area contributed by atoms with Crippen molar-refractivity contribution in [2.24, 2.45) is 0 Å². The van der Waals surface area contributed by atoms with Gasteiger partial charge in [-0.15, -0.1) is 0 Å². The van der Waals surface area contributed by atoms with Crippen LogP contribution < -0.4 is 9.47 Å². The fourth-order valence-corrected chi connectivity index (χ4v) is 1.75. The average molecular weight is 280 g/mol. The maximum Gasteiger partial charge on any atom is 0.161 e. The fraction of sp³-hybridized carbons (Fsp3) is 0.200. The van der Waals surface area contributed by atoms with Crippen LogP contribution >= 0.6 is 0 Å². The summed E-state index contributed by atoms with van der Waals surface area (Å²) in [6.07, 6.45) is 0. The summed E-state index contributed by atoms with van der Waals surface area (Å²) in [5.74, 6) is -0.562. The number of ether oxygens (including phenoxy) is 2. The summed E-state index contributed by atoms with van der Waals surface area (Å²) in [6.45, 7) is -0.369. The summed E-state index contributed by atoms with van der Waals surface area (Å²) in [6, 6.07) is 8.48. The molecule has 0 aliphatic carbocycles. The van der Waals surface area contributed by atoms with Gasteiger partial charge in [0.15, 0.2) is 11.5 Å². The topological polar surface area (TPSA) is 38.7 Å². The van der Waals surface area contributed by atoms with E-state index in [4.69, 9.17) is 14.6 Å². The summed E-state index contributed by atoms with van der Waals surface area (Å²) >= 11 is 0. The maximum atomic E-state index is 13.5. The number of hydrogen-bond acceptors (Lipinski definition) is 3. The van der Waals surface area contributed by atoms with E-state index in [2.05, 4.69) is 0 Å². The molecule has 0 aliphatic rings. The Morgan fingerprint density at radius 3 is 2.35 bits per heavy atom. The molecule has 0 saturated heterocycles. The van der Waals surface area contributed by atoms with Crippen molar-refractivity contribution in [2.75, 3.05) is 7.11 Å². The summed E-state index contributed by atoms with van der Waals surface area (Å²) in [5, 5.41) is 9.03. The highest BCUT2D eigenvalue weighted by atomic mass is 19.1. The molecule has 0 amide bonds. The second kappa shape index (κ2) is 6.34. The molecular formula is C15H14F2O3. The lowest BCUT2D eigenvalue weighted by Crippen LogP contribution is -2.03. The highest BCUT2D eigenvalue weighted by Gasteiger charge is 2.11. The lowest BCUT2D eigenvalue weighted by atomic mass is 10.2. The smallest absolute Gasteiger partial charge is 0.161 e. The first-order valence-electron chi connectivity index (χ1n) is 5.99. The summed E-state index contributed by atoms with van der Waals surface area (Å²) in [7, 11) is 1.45. The highest BCUT2D eigenvalue weighted by molar-refractivity contribution is 5.43. The highest BCUT2D eigenvalue weighted by Crippen LogP contribution is 2.29. The van der Waals surface area contributed by atoms with Crippen molar-refractivity contribution in [2.45, 2.75) is 13.2 Å². The molecule has 20 heavy (non-hydrogen) atoms. The van der Waals surface area contributed by atoms with Gasteiger partial charge in [-0.3, -0.25) is 0 Å². The fourth-order valence-electron chi connectivity index (χ4n) is 1.75. The predicted octanol–water partition coefficient (Wildman–Crippen LogP) is 3.04. The van der Waals surface area contributed by atoms with Crippen LogP contribution in [-0.4, -0.2) is 12.2 Å². The normalized spacial score (nSPS) is 10.4. The number of aliphatic hydroxyl groups is 1. The molecule has 0 unspecified atom stereocenters. The van der Waals surface area contributed by atoms with Gasteiger partial charge in [0.05, 0.1) is 19.3 Å². The molecule has 0 atom stereocenters. The zero-order valence-electron chi connectivity index (χ0n) is 10.9. The Kier molecular flexibility index (Phi) is 4.53.